The zero-order chi connectivity index (χ0) is 15.9. The first kappa shape index (κ1) is 16.9. The van der Waals surface area contributed by atoms with E-state index in [0.717, 1.165) is 44.7 Å². The van der Waals surface area contributed by atoms with E-state index in [0.29, 0.717) is 6.54 Å². The van der Waals surface area contributed by atoms with Crippen LogP contribution >= 0.6 is 0 Å². The van der Waals surface area contributed by atoms with Crippen LogP contribution in [-0.4, -0.2) is 60.5 Å². The Bertz CT molecular complexity index is 491. The lowest BCUT2D eigenvalue weighted by Crippen LogP contribution is -2.40. The van der Waals surface area contributed by atoms with E-state index in [1.165, 1.54) is 5.56 Å². The van der Waals surface area contributed by atoms with Gasteiger partial charge in [-0.25, -0.2) is 0 Å². The number of nitrogens with one attached hydrogen (secondary N) is 1. The number of likely N-dealkylation sites (N-methyl/N-ethyl adjacent to an activating group) is 1. The topological polar surface area (TPSA) is 48.5 Å². The van der Waals surface area contributed by atoms with Crippen molar-refractivity contribution >= 4 is 5.91 Å². The number of amides is 1. The van der Waals surface area contributed by atoms with E-state index in [-0.39, 0.29) is 11.9 Å². The van der Waals surface area contributed by atoms with Crippen LogP contribution in [-0.2, 0) is 4.79 Å². The number of pyridine rings is 1. The summed E-state index contributed by atoms with van der Waals surface area (Å²) in [6.07, 6.45) is 3.79. The predicted molar refractivity (Wildman–Crippen MR) is 88.7 cm³/mol. The van der Waals surface area contributed by atoms with Crippen molar-refractivity contribution in [3.63, 3.8) is 0 Å². The van der Waals surface area contributed by atoms with E-state index in [4.69, 9.17) is 0 Å². The molecule has 1 atom stereocenters. The van der Waals surface area contributed by atoms with E-state index in [2.05, 4.69) is 40.1 Å². The van der Waals surface area contributed by atoms with Crippen LogP contribution in [0.4, 0.5) is 0 Å². The molecule has 1 fully saturated rings. The molecule has 0 aliphatic carbocycles. The first-order valence-corrected chi connectivity index (χ1v) is 8.21. The summed E-state index contributed by atoms with van der Waals surface area (Å²) in [4.78, 5) is 21.3. The molecule has 1 saturated heterocycles. The monoisotopic (exact) mass is 304 g/mol. The lowest BCUT2D eigenvalue weighted by Gasteiger charge is -2.22. The minimum absolute atomic E-state index is 0.00190. The molecule has 1 aromatic heterocycles. The number of aromatic nitrogens is 1. The molecule has 1 amide bonds. The summed E-state index contributed by atoms with van der Waals surface area (Å²) in [5, 5.41) is 3.13. The number of aryl methyl sites for hydroxylation is 1. The molecule has 1 aromatic rings. The maximum absolute atomic E-state index is 12.3. The Kier molecular flexibility index (Phi) is 6.34. The lowest BCUT2D eigenvalue weighted by atomic mass is 10.1. The fraction of sp³-hybridized carbons (Fsp3) is 0.647. The third kappa shape index (κ3) is 5.07. The van der Waals surface area contributed by atoms with Gasteiger partial charge >= 0.3 is 0 Å². The second-order valence-electron chi connectivity index (χ2n) is 6.22. The molecule has 0 bridgehead atoms. The minimum Gasteiger partial charge on any atom is -0.347 e. The average Bonchev–Trinajstić information content (AvgIpc) is 2.69. The second-order valence-corrected chi connectivity index (χ2v) is 6.22. The number of rotatable bonds is 5. The highest BCUT2D eigenvalue weighted by atomic mass is 16.2. The summed E-state index contributed by atoms with van der Waals surface area (Å²) in [6, 6.07) is 4.03. The van der Waals surface area contributed by atoms with Gasteiger partial charge in [-0.15, -0.1) is 0 Å². The van der Waals surface area contributed by atoms with Crippen LogP contribution in [0.3, 0.4) is 0 Å². The molecular formula is C17H28N4O. The first-order chi connectivity index (χ1) is 10.6. The Labute approximate surface area is 133 Å². The van der Waals surface area contributed by atoms with Gasteiger partial charge in [0.05, 0.1) is 18.3 Å². The SMILES string of the molecule is CC[C@H](NC(=O)CN1CCCN(C)CC1)c1cc(C)ccn1. The molecule has 5 heteroatoms. The van der Waals surface area contributed by atoms with Gasteiger partial charge in [0, 0.05) is 19.3 Å². The van der Waals surface area contributed by atoms with Gasteiger partial charge in [0.25, 0.3) is 0 Å². The van der Waals surface area contributed by atoms with Gasteiger partial charge in [0.2, 0.25) is 5.91 Å². The fourth-order valence-corrected chi connectivity index (χ4v) is 2.84. The first-order valence-electron chi connectivity index (χ1n) is 8.21. The number of carbonyl (C=O) groups excluding carboxylic acids is 1. The quantitative estimate of drug-likeness (QED) is 0.897. The molecule has 1 aliphatic rings. The van der Waals surface area contributed by atoms with E-state index >= 15 is 0 Å². The summed E-state index contributed by atoms with van der Waals surface area (Å²) in [6.45, 7) is 8.72. The van der Waals surface area contributed by atoms with Gasteiger partial charge < -0.3 is 10.2 Å². The Morgan fingerprint density at radius 2 is 2.18 bits per heavy atom. The largest absolute Gasteiger partial charge is 0.347 e. The molecule has 2 rings (SSSR count). The third-order valence-electron chi connectivity index (χ3n) is 4.22. The molecule has 5 nitrogen and oxygen atoms in total. The van der Waals surface area contributed by atoms with Gasteiger partial charge in [-0.05, 0) is 57.6 Å². The minimum atomic E-state index is 0.00190. The van der Waals surface area contributed by atoms with Crippen LogP contribution in [0, 0.1) is 6.92 Å². The average molecular weight is 304 g/mol. The van der Waals surface area contributed by atoms with Gasteiger partial charge in [0.15, 0.2) is 0 Å². The highest BCUT2D eigenvalue weighted by Crippen LogP contribution is 2.15. The van der Waals surface area contributed by atoms with E-state index < -0.39 is 0 Å². The highest BCUT2D eigenvalue weighted by Gasteiger charge is 2.18. The van der Waals surface area contributed by atoms with Crippen molar-refractivity contribution in [1.82, 2.24) is 20.1 Å². The summed E-state index contributed by atoms with van der Waals surface area (Å²) in [5.74, 6) is 0.0970. The number of hydrogen-bond donors (Lipinski definition) is 1. The molecule has 122 valence electrons. The Balaban J connectivity index is 1.89. The molecular weight excluding hydrogens is 276 g/mol. The molecule has 0 unspecified atom stereocenters. The van der Waals surface area contributed by atoms with E-state index in [1.807, 2.05) is 19.2 Å². The molecule has 0 saturated carbocycles. The molecule has 0 aromatic carbocycles. The van der Waals surface area contributed by atoms with Crippen molar-refractivity contribution in [2.24, 2.45) is 0 Å². The Morgan fingerprint density at radius 3 is 2.91 bits per heavy atom. The highest BCUT2D eigenvalue weighted by molar-refractivity contribution is 5.78. The van der Waals surface area contributed by atoms with Gasteiger partial charge in [-0.2, -0.15) is 0 Å². The summed E-state index contributed by atoms with van der Waals surface area (Å²) in [5.41, 5.74) is 2.12. The zero-order valence-electron chi connectivity index (χ0n) is 14.0. The van der Waals surface area contributed by atoms with Crippen LogP contribution < -0.4 is 5.32 Å². The fourth-order valence-electron chi connectivity index (χ4n) is 2.84. The summed E-state index contributed by atoms with van der Waals surface area (Å²) >= 11 is 0. The van der Waals surface area contributed by atoms with Crippen molar-refractivity contribution in [2.75, 3.05) is 39.8 Å². The number of hydrogen-bond acceptors (Lipinski definition) is 4. The zero-order valence-corrected chi connectivity index (χ0v) is 14.0. The van der Waals surface area contributed by atoms with Gasteiger partial charge in [-0.1, -0.05) is 6.92 Å². The number of carbonyl (C=O) groups is 1. The van der Waals surface area contributed by atoms with Crippen LogP contribution in [0.1, 0.15) is 37.1 Å². The van der Waals surface area contributed by atoms with Gasteiger partial charge in [-0.3, -0.25) is 14.7 Å². The van der Waals surface area contributed by atoms with Crippen molar-refractivity contribution < 1.29 is 4.79 Å². The van der Waals surface area contributed by atoms with Crippen LogP contribution in [0.15, 0.2) is 18.3 Å². The Morgan fingerprint density at radius 1 is 1.36 bits per heavy atom. The molecule has 22 heavy (non-hydrogen) atoms. The second kappa shape index (κ2) is 8.25. The van der Waals surface area contributed by atoms with E-state index in [9.17, 15) is 4.79 Å². The maximum atomic E-state index is 12.3. The molecule has 0 radical (unpaired) electrons. The lowest BCUT2D eigenvalue weighted by molar-refractivity contribution is -0.123. The van der Waals surface area contributed by atoms with Crippen LogP contribution in [0.25, 0.3) is 0 Å². The molecule has 1 aliphatic heterocycles. The molecule has 0 spiro atoms. The van der Waals surface area contributed by atoms with Crippen molar-refractivity contribution in [2.45, 2.75) is 32.7 Å². The summed E-state index contributed by atoms with van der Waals surface area (Å²) in [7, 11) is 2.14. The van der Waals surface area contributed by atoms with Crippen molar-refractivity contribution in [3.05, 3.63) is 29.6 Å². The standard InChI is InChI=1S/C17H28N4O/c1-4-15(16-12-14(2)6-7-18-16)19-17(22)13-21-9-5-8-20(3)10-11-21/h6-7,12,15H,4-5,8-11,13H2,1-3H3,(H,19,22)/t15-/m0/s1. The number of nitrogens with zero attached hydrogens (tertiary/aromatic N) is 3. The van der Waals surface area contributed by atoms with Crippen molar-refractivity contribution in [3.8, 4) is 0 Å². The predicted octanol–water partition coefficient (Wildman–Crippen LogP) is 1.59. The third-order valence-corrected chi connectivity index (χ3v) is 4.22. The van der Waals surface area contributed by atoms with Gasteiger partial charge in [0.1, 0.15) is 0 Å². The summed E-state index contributed by atoms with van der Waals surface area (Å²) < 4.78 is 0. The Hall–Kier alpha value is -1.46. The maximum Gasteiger partial charge on any atom is 0.234 e. The molecule has 1 N–H and O–H groups in total. The van der Waals surface area contributed by atoms with Crippen molar-refractivity contribution in [1.29, 1.82) is 0 Å². The smallest absolute Gasteiger partial charge is 0.234 e. The van der Waals surface area contributed by atoms with Crippen LogP contribution in [0.2, 0.25) is 0 Å². The molecule has 2 heterocycles. The van der Waals surface area contributed by atoms with E-state index in [1.54, 1.807) is 0 Å². The van der Waals surface area contributed by atoms with Crippen LogP contribution in [0.5, 0.6) is 0 Å². The normalized spacial score (nSPS) is 18.7.